The molecule has 0 saturated carbocycles. The van der Waals surface area contributed by atoms with E-state index >= 15 is 0 Å². The molecule has 1 aromatic carbocycles. The minimum absolute atomic E-state index is 0.00762. The highest BCUT2D eigenvalue weighted by Crippen LogP contribution is 2.32. The molecule has 3 aliphatic rings. The van der Waals surface area contributed by atoms with Gasteiger partial charge in [0.15, 0.2) is 0 Å². The van der Waals surface area contributed by atoms with E-state index in [1.165, 1.54) is 12.1 Å². The van der Waals surface area contributed by atoms with Crippen molar-refractivity contribution in [3.63, 3.8) is 0 Å². The number of likely N-dealkylation sites (tertiary alicyclic amines) is 2. The van der Waals surface area contributed by atoms with Crippen LogP contribution in [0.15, 0.2) is 30.3 Å². The van der Waals surface area contributed by atoms with Gasteiger partial charge >= 0.3 is 0 Å². The summed E-state index contributed by atoms with van der Waals surface area (Å²) in [7, 11) is 0. The third-order valence-corrected chi connectivity index (χ3v) is 6.52. The third-order valence-electron chi connectivity index (χ3n) is 6.52. The first-order valence-electron chi connectivity index (χ1n) is 10.7. The zero-order chi connectivity index (χ0) is 20.2. The lowest BCUT2D eigenvalue weighted by Gasteiger charge is -2.47. The highest BCUT2D eigenvalue weighted by Gasteiger charge is 2.39. The maximum atomic E-state index is 13.0. The van der Waals surface area contributed by atoms with Gasteiger partial charge in [0.1, 0.15) is 5.82 Å². The molecule has 0 N–H and O–H groups in total. The van der Waals surface area contributed by atoms with E-state index in [2.05, 4.69) is 0 Å². The standard InChI is InChI=1S/C23H29FN2O3/c24-20-6-3-17(4-7-20)5-8-22(27)26-12-1-2-19-16-25(13-9-21(19)26)23(28)18-10-14-29-15-11-18/h3-8,18-19,21H,1-2,9-16H2/t19-,21+/m1/s1. The molecule has 0 spiro atoms. The van der Waals surface area contributed by atoms with Gasteiger partial charge in [-0.05, 0) is 61.8 Å². The molecular weight excluding hydrogens is 371 g/mol. The number of rotatable bonds is 3. The van der Waals surface area contributed by atoms with Gasteiger partial charge in [0, 0.05) is 50.9 Å². The van der Waals surface area contributed by atoms with Crippen LogP contribution in [0.25, 0.3) is 6.08 Å². The van der Waals surface area contributed by atoms with Crippen LogP contribution in [0.3, 0.4) is 0 Å². The van der Waals surface area contributed by atoms with Crippen LogP contribution in [0, 0.1) is 17.7 Å². The van der Waals surface area contributed by atoms with Crippen LogP contribution in [0.5, 0.6) is 0 Å². The van der Waals surface area contributed by atoms with Crippen LogP contribution in [0.4, 0.5) is 4.39 Å². The molecule has 0 aromatic heterocycles. The van der Waals surface area contributed by atoms with Crippen LogP contribution in [0.1, 0.15) is 37.7 Å². The van der Waals surface area contributed by atoms with E-state index in [1.807, 2.05) is 9.80 Å². The number of halogens is 1. The SMILES string of the molecule is O=C(C1CCOCC1)N1CC[C@H]2[C@H](CCCN2C(=O)C=Cc2ccc(F)cc2)C1. The molecule has 0 aliphatic carbocycles. The summed E-state index contributed by atoms with van der Waals surface area (Å²) in [5, 5.41) is 0. The number of amides is 2. The predicted molar refractivity (Wildman–Crippen MR) is 108 cm³/mol. The monoisotopic (exact) mass is 400 g/mol. The number of hydrogen-bond donors (Lipinski definition) is 0. The van der Waals surface area contributed by atoms with E-state index in [1.54, 1.807) is 24.3 Å². The molecule has 3 saturated heterocycles. The van der Waals surface area contributed by atoms with Crippen molar-refractivity contribution in [3.8, 4) is 0 Å². The van der Waals surface area contributed by atoms with Crippen LogP contribution in [-0.2, 0) is 14.3 Å². The number of piperidine rings is 2. The fourth-order valence-electron chi connectivity index (χ4n) is 4.92. The van der Waals surface area contributed by atoms with E-state index < -0.39 is 0 Å². The molecule has 1 aromatic rings. The average Bonchev–Trinajstić information content (AvgIpc) is 2.77. The van der Waals surface area contributed by atoms with Gasteiger partial charge in [0.2, 0.25) is 11.8 Å². The van der Waals surface area contributed by atoms with Crippen LogP contribution in [0.2, 0.25) is 0 Å². The van der Waals surface area contributed by atoms with Crippen molar-refractivity contribution in [2.75, 3.05) is 32.8 Å². The van der Waals surface area contributed by atoms with Crippen molar-refractivity contribution in [3.05, 3.63) is 41.7 Å². The first-order chi connectivity index (χ1) is 14.1. The fourth-order valence-corrected chi connectivity index (χ4v) is 4.92. The van der Waals surface area contributed by atoms with Gasteiger partial charge < -0.3 is 14.5 Å². The number of carbonyl (C=O) groups is 2. The molecule has 0 bridgehead atoms. The summed E-state index contributed by atoms with van der Waals surface area (Å²) in [4.78, 5) is 29.7. The quantitative estimate of drug-likeness (QED) is 0.733. The lowest BCUT2D eigenvalue weighted by atomic mass is 9.83. The van der Waals surface area contributed by atoms with E-state index in [0.29, 0.717) is 19.1 Å². The second-order valence-corrected chi connectivity index (χ2v) is 8.35. The Hall–Kier alpha value is -2.21. The molecule has 3 aliphatic heterocycles. The van der Waals surface area contributed by atoms with Crippen LogP contribution in [-0.4, -0.2) is 60.5 Å². The zero-order valence-corrected chi connectivity index (χ0v) is 16.8. The molecule has 2 atom stereocenters. The molecular formula is C23H29FN2O3. The Labute approximate surface area is 171 Å². The average molecular weight is 400 g/mol. The van der Waals surface area contributed by atoms with Crippen LogP contribution >= 0.6 is 0 Å². The van der Waals surface area contributed by atoms with Gasteiger partial charge in [-0.15, -0.1) is 0 Å². The molecule has 3 heterocycles. The number of fused-ring (bicyclic) bond motifs is 1. The summed E-state index contributed by atoms with van der Waals surface area (Å²) >= 11 is 0. The fraction of sp³-hybridized carbons (Fsp3) is 0.565. The normalized spacial score (nSPS) is 25.8. The molecule has 156 valence electrons. The highest BCUT2D eigenvalue weighted by molar-refractivity contribution is 5.92. The smallest absolute Gasteiger partial charge is 0.246 e. The minimum atomic E-state index is -0.283. The minimum Gasteiger partial charge on any atom is -0.381 e. The van der Waals surface area contributed by atoms with Crippen molar-refractivity contribution < 1.29 is 18.7 Å². The maximum absolute atomic E-state index is 13.0. The van der Waals surface area contributed by atoms with Gasteiger partial charge in [0.25, 0.3) is 0 Å². The summed E-state index contributed by atoms with van der Waals surface area (Å²) in [5.74, 6) is 0.443. The van der Waals surface area contributed by atoms with Crippen molar-refractivity contribution in [2.45, 2.75) is 38.1 Å². The lowest BCUT2D eigenvalue weighted by molar-refractivity contribution is -0.144. The summed E-state index contributed by atoms with van der Waals surface area (Å²) in [6.07, 6.45) is 7.86. The second-order valence-electron chi connectivity index (χ2n) is 8.35. The molecule has 0 unspecified atom stereocenters. The Kier molecular flexibility index (Phi) is 6.28. The number of carbonyl (C=O) groups excluding carboxylic acids is 2. The molecule has 6 heteroatoms. The summed E-state index contributed by atoms with van der Waals surface area (Å²) in [6.45, 7) is 3.61. The lowest BCUT2D eigenvalue weighted by Crippen LogP contribution is -2.57. The zero-order valence-electron chi connectivity index (χ0n) is 16.8. The Balaban J connectivity index is 1.37. The van der Waals surface area contributed by atoms with Gasteiger partial charge in [-0.3, -0.25) is 9.59 Å². The summed E-state index contributed by atoms with van der Waals surface area (Å²) < 4.78 is 18.4. The Morgan fingerprint density at radius 1 is 1.03 bits per heavy atom. The molecule has 4 rings (SSSR count). The maximum Gasteiger partial charge on any atom is 0.246 e. The Morgan fingerprint density at radius 3 is 2.55 bits per heavy atom. The van der Waals surface area contributed by atoms with E-state index in [-0.39, 0.29) is 29.6 Å². The predicted octanol–water partition coefficient (Wildman–Crippen LogP) is 3.11. The molecule has 5 nitrogen and oxygen atoms in total. The third kappa shape index (κ3) is 4.69. The largest absolute Gasteiger partial charge is 0.381 e. The van der Waals surface area contributed by atoms with Crippen molar-refractivity contribution >= 4 is 17.9 Å². The van der Waals surface area contributed by atoms with E-state index in [0.717, 1.165) is 57.3 Å². The van der Waals surface area contributed by atoms with E-state index in [9.17, 15) is 14.0 Å². The Bertz CT molecular complexity index is 758. The van der Waals surface area contributed by atoms with Gasteiger partial charge in [-0.1, -0.05) is 12.1 Å². The number of benzene rings is 1. The number of nitrogens with zero attached hydrogens (tertiary/aromatic N) is 2. The van der Waals surface area contributed by atoms with Crippen molar-refractivity contribution in [1.29, 1.82) is 0 Å². The second kappa shape index (κ2) is 9.08. The molecule has 3 fully saturated rings. The first-order valence-corrected chi connectivity index (χ1v) is 10.7. The topological polar surface area (TPSA) is 49.9 Å². The molecule has 0 radical (unpaired) electrons. The summed E-state index contributed by atoms with van der Waals surface area (Å²) in [6, 6.07) is 6.32. The van der Waals surface area contributed by atoms with Gasteiger partial charge in [-0.2, -0.15) is 0 Å². The molecule has 29 heavy (non-hydrogen) atoms. The summed E-state index contributed by atoms with van der Waals surface area (Å²) in [5.41, 5.74) is 0.810. The van der Waals surface area contributed by atoms with Crippen LogP contribution < -0.4 is 0 Å². The van der Waals surface area contributed by atoms with Crippen molar-refractivity contribution in [1.82, 2.24) is 9.80 Å². The molecule has 2 amide bonds. The van der Waals surface area contributed by atoms with Gasteiger partial charge in [0.05, 0.1) is 0 Å². The highest BCUT2D eigenvalue weighted by atomic mass is 19.1. The first kappa shape index (κ1) is 20.1. The van der Waals surface area contributed by atoms with E-state index in [4.69, 9.17) is 4.74 Å². The number of ether oxygens (including phenoxy) is 1. The van der Waals surface area contributed by atoms with Gasteiger partial charge in [-0.25, -0.2) is 4.39 Å². The Morgan fingerprint density at radius 2 is 1.79 bits per heavy atom. The number of hydrogen-bond acceptors (Lipinski definition) is 3. The van der Waals surface area contributed by atoms with Crippen molar-refractivity contribution in [2.24, 2.45) is 11.8 Å².